The molecule has 0 unspecified atom stereocenters. The Kier molecular flexibility index (Phi) is 2.15. The van der Waals surface area contributed by atoms with E-state index in [1.165, 1.54) is 0 Å². The van der Waals surface area contributed by atoms with E-state index in [0.717, 1.165) is 10.8 Å². The molecule has 0 aliphatic rings. The third-order valence-corrected chi connectivity index (χ3v) is 2.55. The van der Waals surface area contributed by atoms with E-state index in [1.54, 1.807) is 6.07 Å². The van der Waals surface area contributed by atoms with Crippen LogP contribution in [-0.2, 0) is 0 Å². The van der Waals surface area contributed by atoms with Gasteiger partial charge in [-0.15, -0.1) is 0 Å². The van der Waals surface area contributed by atoms with Gasteiger partial charge in [-0.25, -0.2) is 0 Å². The van der Waals surface area contributed by atoms with Gasteiger partial charge in [0.25, 0.3) is 0 Å². The largest absolute Gasteiger partial charge is 0.289 e. The Balaban J connectivity index is 2.97. The van der Waals surface area contributed by atoms with Crippen LogP contribution in [0.5, 0.6) is 0 Å². The zero-order chi connectivity index (χ0) is 9.26. The lowest BCUT2D eigenvalue weighted by Crippen LogP contribution is -1.92. The van der Waals surface area contributed by atoms with Crippen LogP contribution < -0.4 is 5.43 Å². The molecule has 2 aromatic carbocycles. The van der Waals surface area contributed by atoms with E-state index in [9.17, 15) is 4.79 Å². The van der Waals surface area contributed by atoms with Gasteiger partial charge in [-0.05, 0) is 38.8 Å². The summed E-state index contributed by atoms with van der Waals surface area (Å²) in [6.45, 7) is 0. The van der Waals surface area contributed by atoms with Crippen molar-refractivity contribution in [3.8, 4) is 0 Å². The Labute approximate surface area is 84.2 Å². The molecule has 0 spiro atoms. The summed E-state index contributed by atoms with van der Waals surface area (Å²) in [6.07, 6.45) is 0. The zero-order valence-corrected chi connectivity index (χ0v) is 8.41. The van der Waals surface area contributed by atoms with Crippen LogP contribution in [-0.4, -0.2) is 0 Å². The van der Waals surface area contributed by atoms with Gasteiger partial charge in [0.15, 0.2) is 5.43 Å². The van der Waals surface area contributed by atoms with E-state index in [2.05, 4.69) is 15.9 Å². The average Bonchev–Trinajstić information content (AvgIpc) is 2.28. The summed E-state index contributed by atoms with van der Waals surface area (Å²) >= 11 is 3.23. The van der Waals surface area contributed by atoms with Gasteiger partial charge < -0.3 is 0 Å². The lowest BCUT2D eigenvalue weighted by atomic mass is 10.2. The highest BCUT2D eigenvalue weighted by atomic mass is 79.9. The highest BCUT2D eigenvalue weighted by molar-refractivity contribution is 9.10. The molecule has 13 heavy (non-hydrogen) atoms. The molecule has 0 bridgehead atoms. The fraction of sp³-hybridized carbons (Fsp3) is 0. The minimum atomic E-state index is 0.0104. The molecular formula is C11H7BrO. The fourth-order valence-electron chi connectivity index (χ4n) is 1.25. The number of benzene rings is 1. The van der Waals surface area contributed by atoms with Gasteiger partial charge in [0.2, 0.25) is 0 Å². The van der Waals surface area contributed by atoms with Crippen molar-refractivity contribution in [3.63, 3.8) is 0 Å². The van der Waals surface area contributed by atoms with E-state index >= 15 is 0 Å². The van der Waals surface area contributed by atoms with E-state index in [1.807, 2.05) is 36.4 Å². The SMILES string of the molecule is O=c1ccc2ccccc2cc1Br. The highest BCUT2D eigenvalue weighted by Crippen LogP contribution is 2.14. The number of halogens is 1. The lowest BCUT2D eigenvalue weighted by molar-refractivity contribution is 1.62. The summed E-state index contributed by atoms with van der Waals surface area (Å²) in [5, 5.41) is 2.14. The van der Waals surface area contributed by atoms with Crippen molar-refractivity contribution in [3.05, 3.63) is 57.2 Å². The standard InChI is InChI=1S/C11H7BrO/c12-10-7-9-4-2-1-3-8(9)5-6-11(10)13/h1-7H. The maximum atomic E-state index is 11.3. The Bertz CT molecular complexity index is 505. The summed E-state index contributed by atoms with van der Waals surface area (Å²) in [4.78, 5) is 11.3. The van der Waals surface area contributed by atoms with Gasteiger partial charge in [0.05, 0.1) is 4.47 Å². The van der Waals surface area contributed by atoms with Crippen LogP contribution in [0.25, 0.3) is 10.8 Å². The number of hydrogen-bond donors (Lipinski definition) is 0. The molecule has 0 aromatic heterocycles. The van der Waals surface area contributed by atoms with Crippen LogP contribution in [0.2, 0.25) is 0 Å². The molecule has 0 heterocycles. The predicted molar refractivity (Wildman–Crippen MR) is 57.9 cm³/mol. The average molecular weight is 235 g/mol. The molecule has 0 atom stereocenters. The molecule has 0 amide bonds. The van der Waals surface area contributed by atoms with E-state index in [4.69, 9.17) is 0 Å². The molecule has 0 fully saturated rings. The van der Waals surface area contributed by atoms with Crippen LogP contribution in [0.15, 0.2) is 51.7 Å². The molecule has 64 valence electrons. The molecule has 0 saturated heterocycles. The maximum absolute atomic E-state index is 11.3. The third kappa shape index (κ3) is 1.63. The first kappa shape index (κ1) is 8.45. The van der Waals surface area contributed by atoms with Gasteiger partial charge in [-0.1, -0.05) is 30.3 Å². The van der Waals surface area contributed by atoms with Crippen LogP contribution in [0.4, 0.5) is 0 Å². The smallest absolute Gasteiger partial charge is 0.192 e. The minimum absolute atomic E-state index is 0.0104. The molecule has 1 nitrogen and oxygen atoms in total. The summed E-state index contributed by atoms with van der Waals surface area (Å²) in [7, 11) is 0. The van der Waals surface area contributed by atoms with Crippen molar-refractivity contribution in [1.29, 1.82) is 0 Å². The normalized spacial score (nSPS) is 10.2. The van der Waals surface area contributed by atoms with Crippen LogP contribution in [0.1, 0.15) is 0 Å². The van der Waals surface area contributed by atoms with Gasteiger partial charge in [0.1, 0.15) is 0 Å². The van der Waals surface area contributed by atoms with Gasteiger partial charge >= 0.3 is 0 Å². The van der Waals surface area contributed by atoms with Gasteiger partial charge in [0, 0.05) is 0 Å². The lowest BCUT2D eigenvalue weighted by Gasteiger charge is -1.88. The van der Waals surface area contributed by atoms with E-state index < -0.39 is 0 Å². The quantitative estimate of drug-likeness (QED) is 0.686. The van der Waals surface area contributed by atoms with Crippen molar-refractivity contribution in [1.82, 2.24) is 0 Å². The molecule has 0 aliphatic carbocycles. The van der Waals surface area contributed by atoms with Crippen LogP contribution in [0.3, 0.4) is 0 Å². The first-order valence-corrected chi connectivity index (χ1v) is 4.75. The molecule has 0 radical (unpaired) electrons. The zero-order valence-electron chi connectivity index (χ0n) is 6.83. The van der Waals surface area contributed by atoms with Crippen molar-refractivity contribution in [2.45, 2.75) is 0 Å². The second-order valence-electron chi connectivity index (χ2n) is 2.82. The van der Waals surface area contributed by atoms with Crippen molar-refractivity contribution in [2.24, 2.45) is 0 Å². The van der Waals surface area contributed by atoms with Crippen molar-refractivity contribution < 1.29 is 0 Å². The minimum Gasteiger partial charge on any atom is -0.289 e. The Morgan fingerprint density at radius 3 is 2.38 bits per heavy atom. The molecule has 0 N–H and O–H groups in total. The highest BCUT2D eigenvalue weighted by Gasteiger charge is 1.94. The summed E-state index contributed by atoms with van der Waals surface area (Å²) in [5.74, 6) is 0. The predicted octanol–water partition coefficient (Wildman–Crippen LogP) is 2.96. The molecule has 2 rings (SSSR count). The van der Waals surface area contributed by atoms with Crippen LogP contribution in [0, 0.1) is 0 Å². The number of hydrogen-bond acceptors (Lipinski definition) is 1. The Hall–Kier alpha value is -1.15. The number of fused-ring (bicyclic) bond motifs is 1. The first-order chi connectivity index (χ1) is 6.27. The summed E-state index contributed by atoms with van der Waals surface area (Å²) in [6, 6.07) is 13.1. The van der Waals surface area contributed by atoms with Gasteiger partial charge in [-0.2, -0.15) is 0 Å². The third-order valence-electron chi connectivity index (χ3n) is 1.93. The van der Waals surface area contributed by atoms with Crippen molar-refractivity contribution >= 4 is 26.7 Å². The molecule has 2 heteroatoms. The van der Waals surface area contributed by atoms with Crippen molar-refractivity contribution in [2.75, 3.05) is 0 Å². The number of rotatable bonds is 0. The Morgan fingerprint density at radius 1 is 0.923 bits per heavy atom. The monoisotopic (exact) mass is 234 g/mol. The second-order valence-corrected chi connectivity index (χ2v) is 3.67. The molecule has 2 aromatic rings. The topological polar surface area (TPSA) is 17.1 Å². The fourth-order valence-corrected chi connectivity index (χ4v) is 1.63. The first-order valence-electron chi connectivity index (χ1n) is 3.96. The Morgan fingerprint density at radius 2 is 1.62 bits per heavy atom. The molecule has 0 aliphatic heterocycles. The van der Waals surface area contributed by atoms with Gasteiger partial charge in [-0.3, -0.25) is 4.79 Å². The summed E-state index contributed by atoms with van der Waals surface area (Å²) < 4.78 is 0.605. The molecular weight excluding hydrogens is 228 g/mol. The second kappa shape index (κ2) is 3.30. The summed E-state index contributed by atoms with van der Waals surface area (Å²) in [5.41, 5.74) is 0.0104. The van der Waals surface area contributed by atoms with Crippen LogP contribution >= 0.6 is 15.9 Å². The molecule has 0 saturated carbocycles. The maximum Gasteiger partial charge on any atom is 0.192 e. The van der Waals surface area contributed by atoms with E-state index in [-0.39, 0.29) is 5.43 Å². The van der Waals surface area contributed by atoms with E-state index in [0.29, 0.717) is 4.47 Å².